The molecular weight excluding hydrogens is 469 g/mol. The summed E-state index contributed by atoms with van der Waals surface area (Å²) < 4.78 is 14.6. The van der Waals surface area contributed by atoms with Gasteiger partial charge >= 0.3 is 0 Å². The first-order chi connectivity index (χ1) is 18.2. The molecule has 0 atom stereocenters. The molecule has 0 spiro atoms. The molecular formula is C34H42FN3. The number of aromatic amines is 1. The fourth-order valence-electron chi connectivity index (χ4n) is 4.54. The van der Waals surface area contributed by atoms with E-state index in [1.54, 1.807) is 12.1 Å². The molecule has 38 heavy (non-hydrogen) atoms. The minimum atomic E-state index is -0.201. The summed E-state index contributed by atoms with van der Waals surface area (Å²) in [5, 5.41) is 1.07. The van der Waals surface area contributed by atoms with Gasteiger partial charge in [0.1, 0.15) is 5.82 Å². The Balaban J connectivity index is 1.92. The Morgan fingerprint density at radius 1 is 1.11 bits per heavy atom. The summed E-state index contributed by atoms with van der Waals surface area (Å²) in [6.07, 6.45) is 12.6. The lowest BCUT2D eigenvalue weighted by Crippen LogP contribution is -2.13. The van der Waals surface area contributed by atoms with Crippen LogP contribution in [-0.4, -0.2) is 30.5 Å². The van der Waals surface area contributed by atoms with E-state index in [-0.39, 0.29) is 5.82 Å². The highest BCUT2D eigenvalue weighted by atomic mass is 19.1. The Labute approximate surface area is 227 Å². The summed E-state index contributed by atoms with van der Waals surface area (Å²) in [5.41, 5.74) is 14.8. The van der Waals surface area contributed by atoms with Gasteiger partial charge in [-0.25, -0.2) is 4.39 Å². The van der Waals surface area contributed by atoms with Crippen molar-refractivity contribution in [3.05, 3.63) is 119 Å². The molecule has 0 aliphatic rings. The predicted molar refractivity (Wildman–Crippen MR) is 163 cm³/mol. The number of hydrogen-bond donors (Lipinski definition) is 2. The van der Waals surface area contributed by atoms with Gasteiger partial charge in [-0.2, -0.15) is 0 Å². The molecule has 0 saturated heterocycles. The van der Waals surface area contributed by atoms with Crippen LogP contribution in [0, 0.1) is 5.82 Å². The van der Waals surface area contributed by atoms with Crippen molar-refractivity contribution >= 4 is 10.9 Å². The average Bonchev–Trinajstić information content (AvgIpc) is 3.30. The molecule has 0 aliphatic carbocycles. The van der Waals surface area contributed by atoms with E-state index in [0.717, 1.165) is 82.2 Å². The highest BCUT2D eigenvalue weighted by Gasteiger charge is 2.12. The second-order valence-electron chi connectivity index (χ2n) is 10.1. The van der Waals surface area contributed by atoms with E-state index < -0.39 is 0 Å². The number of H-pyrrole nitrogens is 1. The lowest BCUT2D eigenvalue weighted by molar-refractivity contribution is 0.400. The number of unbranched alkanes of at least 4 members (excludes halogenated alkanes) is 1. The average molecular weight is 512 g/mol. The van der Waals surface area contributed by atoms with Gasteiger partial charge < -0.3 is 15.6 Å². The van der Waals surface area contributed by atoms with Crippen molar-refractivity contribution in [1.29, 1.82) is 0 Å². The molecule has 0 fully saturated rings. The smallest absolute Gasteiger partial charge is 0.124 e. The van der Waals surface area contributed by atoms with Crippen molar-refractivity contribution in [3.63, 3.8) is 0 Å². The number of nitrogens with one attached hydrogen (secondary N) is 1. The standard InChI is InChI=1S/C34H42FN3/c1-7-9-10-13-24(3)25(4)18-28(33(36)8-2)22-30-23-32-31(15-11-16-34(32)37-30)27-19-26(20-29(35)21-27)14-12-17-38(5)6/h8,10-11,13,15-16,18-21,23,37H,3-4,7,9,12,14,17,22,36H2,1-2,5-6H3/b13-10-,28-18-,33-8+. The first kappa shape index (κ1) is 28.9. The van der Waals surface area contributed by atoms with E-state index >= 15 is 0 Å². The fourth-order valence-corrected chi connectivity index (χ4v) is 4.54. The molecule has 200 valence electrons. The van der Waals surface area contributed by atoms with Crippen LogP contribution in [-0.2, 0) is 12.8 Å². The molecule has 2 aromatic carbocycles. The second kappa shape index (κ2) is 13.8. The zero-order valence-corrected chi connectivity index (χ0v) is 23.4. The van der Waals surface area contributed by atoms with Crippen molar-refractivity contribution < 1.29 is 4.39 Å². The molecule has 4 heteroatoms. The molecule has 0 aliphatic heterocycles. The van der Waals surface area contributed by atoms with Crippen LogP contribution in [0.5, 0.6) is 0 Å². The van der Waals surface area contributed by atoms with E-state index in [1.165, 1.54) is 0 Å². The fraction of sp³-hybridized carbons (Fsp3) is 0.294. The van der Waals surface area contributed by atoms with Crippen LogP contribution >= 0.6 is 0 Å². The third kappa shape index (κ3) is 7.93. The number of fused-ring (bicyclic) bond motifs is 1. The van der Waals surface area contributed by atoms with Crippen LogP contribution in [0.2, 0.25) is 0 Å². The van der Waals surface area contributed by atoms with Crippen LogP contribution in [0.25, 0.3) is 22.0 Å². The minimum Gasteiger partial charge on any atom is -0.399 e. The summed E-state index contributed by atoms with van der Waals surface area (Å²) in [5.74, 6) is -0.201. The highest BCUT2D eigenvalue weighted by Crippen LogP contribution is 2.32. The number of benzene rings is 2. The minimum absolute atomic E-state index is 0.201. The number of allylic oxidation sites excluding steroid dienone is 7. The molecule has 0 unspecified atom stereocenters. The molecule has 3 rings (SSSR count). The molecule has 0 radical (unpaired) electrons. The van der Waals surface area contributed by atoms with E-state index in [0.29, 0.717) is 12.1 Å². The first-order valence-electron chi connectivity index (χ1n) is 13.4. The monoisotopic (exact) mass is 511 g/mol. The summed E-state index contributed by atoms with van der Waals surface area (Å²) in [7, 11) is 4.12. The topological polar surface area (TPSA) is 45.0 Å². The number of hydrogen-bond acceptors (Lipinski definition) is 2. The molecule has 1 aromatic heterocycles. The zero-order chi connectivity index (χ0) is 27.7. The van der Waals surface area contributed by atoms with Gasteiger partial charge in [0, 0.05) is 28.7 Å². The number of aryl methyl sites for hydroxylation is 1. The summed E-state index contributed by atoms with van der Waals surface area (Å²) in [6, 6.07) is 13.7. The van der Waals surface area contributed by atoms with Gasteiger partial charge in [0.25, 0.3) is 0 Å². The largest absolute Gasteiger partial charge is 0.399 e. The Kier molecular flexibility index (Phi) is 10.5. The van der Waals surface area contributed by atoms with Crippen LogP contribution in [0.15, 0.2) is 102 Å². The van der Waals surface area contributed by atoms with Crippen molar-refractivity contribution in [1.82, 2.24) is 9.88 Å². The Morgan fingerprint density at radius 2 is 1.89 bits per heavy atom. The predicted octanol–water partition coefficient (Wildman–Crippen LogP) is 8.27. The molecule has 0 saturated carbocycles. The summed E-state index contributed by atoms with van der Waals surface area (Å²) in [4.78, 5) is 5.70. The van der Waals surface area contributed by atoms with Gasteiger partial charge in [-0.3, -0.25) is 0 Å². The van der Waals surface area contributed by atoms with Crippen molar-refractivity contribution in [2.75, 3.05) is 20.6 Å². The molecule has 3 N–H and O–H groups in total. The Hall–Kier alpha value is -3.63. The van der Waals surface area contributed by atoms with Crippen molar-refractivity contribution in [3.8, 4) is 11.1 Å². The van der Waals surface area contributed by atoms with Crippen LogP contribution < -0.4 is 5.73 Å². The molecule has 3 nitrogen and oxygen atoms in total. The normalized spacial score (nSPS) is 12.7. The Bertz CT molecular complexity index is 1370. The molecule has 1 heterocycles. The number of nitrogens with two attached hydrogens (primary N) is 1. The zero-order valence-electron chi connectivity index (χ0n) is 23.4. The maximum Gasteiger partial charge on any atom is 0.124 e. The maximum absolute atomic E-state index is 14.6. The number of nitrogens with zero attached hydrogens (tertiary/aromatic N) is 1. The highest BCUT2D eigenvalue weighted by molar-refractivity contribution is 5.95. The van der Waals surface area contributed by atoms with Crippen LogP contribution in [0.4, 0.5) is 4.39 Å². The SMILES string of the molecule is C=C(/C=C\CCC)C(=C)/C=C(Cc1cc2c(-c3cc(F)cc(CCCN(C)C)c3)cccc2[nH]1)\C(N)=C/C. The lowest BCUT2D eigenvalue weighted by atomic mass is 9.97. The van der Waals surface area contributed by atoms with E-state index in [2.05, 4.69) is 74.4 Å². The first-order valence-corrected chi connectivity index (χ1v) is 13.4. The van der Waals surface area contributed by atoms with E-state index in [9.17, 15) is 4.39 Å². The van der Waals surface area contributed by atoms with Gasteiger partial charge in [0.05, 0.1) is 0 Å². The maximum atomic E-state index is 14.6. The van der Waals surface area contributed by atoms with Crippen molar-refractivity contribution in [2.24, 2.45) is 5.73 Å². The third-order valence-electron chi connectivity index (χ3n) is 6.66. The summed E-state index contributed by atoms with van der Waals surface area (Å²) in [6.45, 7) is 13.4. The van der Waals surface area contributed by atoms with E-state index in [4.69, 9.17) is 5.73 Å². The Morgan fingerprint density at radius 3 is 2.61 bits per heavy atom. The van der Waals surface area contributed by atoms with Gasteiger partial charge in [0.2, 0.25) is 0 Å². The van der Waals surface area contributed by atoms with Gasteiger partial charge in [-0.1, -0.05) is 62.9 Å². The van der Waals surface area contributed by atoms with Crippen LogP contribution in [0.1, 0.15) is 44.4 Å². The van der Waals surface area contributed by atoms with E-state index in [1.807, 2.05) is 31.2 Å². The third-order valence-corrected chi connectivity index (χ3v) is 6.66. The van der Waals surface area contributed by atoms with Crippen LogP contribution in [0.3, 0.4) is 0 Å². The quantitative estimate of drug-likeness (QED) is 0.227. The van der Waals surface area contributed by atoms with Gasteiger partial charge in [-0.05, 0) is 111 Å². The summed E-state index contributed by atoms with van der Waals surface area (Å²) >= 11 is 0. The van der Waals surface area contributed by atoms with Gasteiger partial charge in [-0.15, -0.1) is 0 Å². The number of rotatable bonds is 13. The van der Waals surface area contributed by atoms with Gasteiger partial charge in [0.15, 0.2) is 0 Å². The molecule has 0 amide bonds. The number of aromatic nitrogens is 1. The van der Waals surface area contributed by atoms with Crippen molar-refractivity contribution in [2.45, 2.75) is 46.0 Å². The molecule has 3 aromatic rings. The second-order valence-corrected chi connectivity index (χ2v) is 10.1. The molecule has 0 bridgehead atoms. The lowest BCUT2D eigenvalue weighted by Gasteiger charge is -2.11. The number of halogens is 1.